The van der Waals surface area contributed by atoms with Crippen molar-refractivity contribution in [3.63, 3.8) is 0 Å². The molecule has 0 spiro atoms. The van der Waals surface area contributed by atoms with Gasteiger partial charge in [0.1, 0.15) is 12.4 Å². The Labute approximate surface area is 157 Å². The zero-order chi connectivity index (χ0) is 17.6. The predicted octanol–water partition coefficient (Wildman–Crippen LogP) is 6.29. The maximum absolute atomic E-state index is 6.07. The molecule has 1 nitrogen and oxygen atoms in total. The number of rotatable bonds is 3. The van der Waals surface area contributed by atoms with E-state index in [9.17, 15) is 0 Å². The fourth-order valence-corrected chi connectivity index (χ4v) is 5.87. The third kappa shape index (κ3) is 2.69. The molecular weight excluding hydrogens is 316 g/mol. The first-order valence-electron chi connectivity index (χ1n) is 10.2. The first kappa shape index (κ1) is 16.2. The topological polar surface area (TPSA) is 9.23 Å². The molecule has 5 rings (SSSR count). The van der Waals surface area contributed by atoms with Gasteiger partial charge < -0.3 is 4.74 Å². The van der Waals surface area contributed by atoms with E-state index in [2.05, 4.69) is 61.5 Å². The summed E-state index contributed by atoms with van der Waals surface area (Å²) in [6.45, 7) is 3.14. The highest BCUT2D eigenvalue weighted by molar-refractivity contribution is 5.41. The molecule has 0 radical (unpaired) electrons. The lowest BCUT2D eigenvalue weighted by atomic mass is 9.56. The van der Waals surface area contributed by atoms with E-state index in [0.29, 0.717) is 12.0 Å². The largest absolute Gasteiger partial charge is 0.489 e. The zero-order valence-electron chi connectivity index (χ0n) is 15.7. The van der Waals surface area contributed by atoms with E-state index in [-0.39, 0.29) is 0 Å². The SMILES string of the molecule is C[C@@]12C=CCC1C1CCc3cc(OCc4ccccc4)ccc3C1CC2. The molecule has 0 heterocycles. The van der Waals surface area contributed by atoms with Crippen LogP contribution in [0.15, 0.2) is 60.7 Å². The van der Waals surface area contributed by atoms with Crippen molar-refractivity contribution >= 4 is 0 Å². The minimum absolute atomic E-state index is 0.470. The van der Waals surface area contributed by atoms with Crippen molar-refractivity contribution in [1.82, 2.24) is 0 Å². The van der Waals surface area contributed by atoms with Crippen LogP contribution in [0.25, 0.3) is 0 Å². The average molecular weight is 344 g/mol. The second kappa shape index (κ2) is 6.30. The molecular formula is C25H28O. The number of benzene rings is 2. The Morgan fingerprint density at radius 2 is 1.96 bits per heavy atom. The number of fused-ring (bicyclic) bond motifs is 5. The van der Waals surface area contributed by atoms with Gasteiger partial charge in [0.15, 0.2) is 0 Å². The third-order valence-corrected chi connectivity index (χ3v) is 7.27. The highest BCUT2D eigenvalue weighted by Gasteiger charge is 2.48. The van der Waals surface area contributed by atoms with Crippen molar-refractivity contribution in [3.8, 4) is 5.75 Å². The van der Waals surface area contributed by atoms with Crippen LogP contribution in [-0.4, -0.2) is 0 Å². The Morgan fingerprint density at radius 3 is 2.85 bits per heavy atom. The zero-order valence-corrected chi connectivity index (χ0v) is 15.7. The lowest BCUT2D eigenvalue weighted by Crippen LogP contribution is -2.39. The van der Waals surface area contributed by atoms with Gasteiger partial charge in [0, 0.05) is 0 Å². The Morgan fingerprint density at radius 1 is 1.08 bits per heavy atom. The van der Waals surface area contributed by atoms with Crippen molar-refractivity contribution in [2.45, 2.75) is 51.6 Å². The second-order valence-electron chi connectivity index (χ2n) is 8.73. The van der Waals surface area contributed by atoms with Crippen LogP contribution in [0.2, 0.25) is 0 Å². The summed E-state index contributed by atoms with van der Waals surface area (Å²) in [5.74, 6) is 3.52. The molecule has 2 aromatic carbocycles. The van der Waals surface area contributed by atoms with Gasteiger partial charge in [0.2, 0.25) is 0 Å². The maximum atomic E-state index is 6.07. The summed E-state index contributed by atoms with van der Waals surface area (Å²) >= 11 is 0. The summed E-state index contributed by atoms with van der Waals surface area (Å²) in [5.41, 5.74) is 4.84. The number of ether oxygens (including phenoxy) is 1. The molecule has 1 saturated carbocycles. The highest BCUT2D eigenvalue weighted by Crippen LogP contribution is 2.58. The molecule has 0 saturated heterocycles. The molecule has 0 N–H and O–H groups in total. The minimum atomic E-state index is 0.470. The van der Waals surface area contributed by atoms with Crippen LogP contribution in [0, 0.1) is 17.3 Å². The van der Waals surface area contributed by atoms with E-state index in [1.54, 1.807) is 5.56 Å². The molecule has 3 aliphatic rings. The average Bonchev–Trinajstić information content (AvgIpc) is 3.08. The van der Waals surface area contributed by atoms with E-state index >= 15 is 0 Å². The van der Waals surface area contributed by atoms with Crippen LogP contribution in [0.5, 0.6) is 5.75 Å². The summed E-state index contributed by atoms with van der Waals surface area (Å²) in [4.78, 5) is 0. The minimum Gasteiger partial charge on any atom is -0.489 e. The molecule has 134 valence electrons. The monoisotopic (exact) mass is 344 g/mol. The van der Waals surface area contributed by atoms with Gasteiger partial charge >= 0.3 is 0 Å². The van der Waals surface area contributed by atoms with E-state index in [4.69, 9.17) is 4.74 Å². The first-order valence-corrected chi connectivity index (χ1v) is 10.2. The highest BCUT2D eigenvalue weighted by atomic mass is 16.5. The van der Waals surface area contributed by atoms with Gasteiger partial charge in [-0.25, -0.2) is 0 Å². The van der Waals surface area contributed by atoms with E-state index in [0.717, 1.165) is 23.5 Å². The molecule has 4 atom stereocenters. The molecule has 26 heavy (non-hydrogen) atoms. The second-order valence-corrected chi connectivity index (χ2v) is 8.73. The lowest BCUT2D eigenvalue weighted by molar-refractivity contribution is 0.0825. The lowest BCUT2D eigenvalue weighted by Gasteiger charge is -2.49. The van der Waals surface area contributed by atoms with E-state index in [1.807, 2.05) is 6.07 Å². The summed E-state index contributed by atoms with van der Waals surface area (Å²) in [7, 11) is 0. The van der Waals surface area contributed by atoms with Crippen molar-refractivity contribution in [2.24, 2.45) is 17.3 Å². The van der Waals surface area contributed by atoms with Crippen LogP contribution in [0.3, 0.4) is 0 Å². The van der Waals surface area contributed by atoms with Gasteiger partial charge in [-0.15, -0.1) is 0 Å². The molecule has 0 bridgehead atoms. The summed E-state index contributed by atoms with van der Waals surface area (Å²) in [6.07, 6.45) is 11.5. The Kier molecular flexibility index (Phi) is 3.92. The van der Waals surface area contributed by atoms with E-state index < -0.39 is 0 Å². The fourth-order valence-electron chi connectivity index (χ4n) is 5.87. The predicted molar refractivity (Wildman–Crippen MR) is 106 cm³/mol. The van der Waals surface area contributed by atoms with Gasteiger partial charge in [-0.05, 0) is 84.1 Å². The Hall–Kier alpha value is -2.02. The first-order chi connectivity index (χ1) is 12.7. The molecule has 3 unspecified atom stereocenters. The van der Waals surface area contributed by atoms with Crippen molar-refractivity contribution in [1.29, 1.82) is 0 Å². The normalized spacial score (nSPS) is 31.8. The van der Waals surface area contributed by atoms with Gasteiger partial charge in [-0.2, -0.15) is 0 Å². The summed E-state index contributed by atoms with van der Waals surface area (Å²) in [6, 6.07) is 17.3. The van der Waals surface area contributed by atoms with Crippen LogP contribution in [0.1, 0.15) is 55.2 Å². The smallest absolute Gasteiger partial charge is 0.120 e. The van der Waals surface area contributed by atoms with Gasteiger partial charge in [-0.3, -0.25) is 0 Å². The summed E-state index contributed by atoms with van der Waals surface area (Å²) < 4.78 is 6.07. The molecule has 2 aromatic rings. The molecule has 0 aromatic heterocycles. The van der Waals surface area contributed by atoms with Crippen molar-refractivity contribution in [2.75, 3.05) is 0 Å². The third-order valence-electron chi connectivity index (χ3n) is 7.27. The van der Waals surface area contributed by atoms with Gasteiger partial charge in [0.25, 0.3) is 0 Å². The van der Waals surface area contributed by atoms with Crippen LogP contribution < -0.4 is 4.74 Å². The maximum Gasteiger partial charge on any atom is 0.120 e. The fraction of sp³-hybridized carbons (Fsp3) is 0.440. The molecule has 3 aliphatic carbocycles. The van der Waals surface area contributed by atoms with Crippen LogP contribution >= 0.6 is 0 Å². The van der Waals surface area contributed by atoms with Crippen molar-refractivity contribution in [3.05, 3.63) is 77.4 Å². The van der Waals surface area contributed by atoms with Crippen molar-refractivity contribution < 1.29 is 4.74 Å². The molecule has 0 amide bonds. The summed E-state index contributed by atoms with van der Waals surface area (Å²) in [5, 5.41) is 0. The molecule has 1 fully saturated rings. The Bertz CT molecular complexity index is 821. The molecule has 1 heteroatoms. The quantitative estimate of drug-likeness (QED) is 0.595. The van der Waals surface area contributed by atoms with Gasteiger partial charge in [0.05, 0.1) is 0 Å². The standard InChI is InChI=1S/C25H28O/c1-25-14-5-8-24(25)23-11-9-19-16-20(10-12-21(19)22(23)13-15-25)26-17-18-6-3-2-4-7-18/h2-7,10,12,14,16,22-24H,8-9,11,13,15,17H2,1H3/t22?,23?,24?,25-/m0/s1. The van der Waals surface area contributed by atoms with Crippen LogP contribution in [-0.2, 0) is 13.0 Å². The number of hydrogen-bond donors (Lipinski definition) is 0. The number of hydrogen-bond acceptors (Lipinski definition) is 1. The van der Waals surface area contributed by atoms with Crippen LogP contribution in [0.4, 0.5) is 0 Å². The number of allylic oxidation sites excluding steroid dienone is 2. The molecule has 0 aliphatic heterocycles. The Balaban J connectivity index is 1.35. The van der Waals surface area contributed by atoms with E-state index in [1.165, 1.54) is 43.2 Å². The number of aryl methyl sites for hydroxylation is 1. The van der Waals surface area contributed by atoms with Gasteiger partial charge in [-0.1, -0.05) is 55.5 Å².